The summed E-state index contributed by atoms with van der Waals surface area (Å²) < 4.78 is 1.61. The van der Waals surface area contributed by atoms with E-state index in [0.717, 1.165) is 16.8 Å². The van der Waals surface area contributed by atoms with Crippen LogP contribution >= 0.6 is 0 Å². The van der Waals surface area contributed by atoms with E-state index in [-0.39, 0.29) is 11.1 Å². The minimum Gasteiger partial charge on any atom is -0.326 e. The van der Waals surface area contributed by atoms with E-state index in [4.69, 9.17) is 11.0 Å². The number of nitrogens with zero attached hydrogens (tertiary/aromatic N) is 2. The van der Waals surface area contributed by atoms with E-state index in [2.05, 4.69) is 0 Å². The first-order chi connectivity index (χ1) is 9.15. The lowest BCUT2D eigenvalue weighted by Gasteiger charge is -2.10. The van der Waals surface area contributed by atoms with Gasteiger partial charge in [0.15, 0.2) is 0 Å². The molecule has 96 valence electrons. The Kier molecular flexibility index (Phi) is 3.79. The fraction of sp³-hybridized carbons (Fsp3) is 0.200. The zero-order valence-corrected chi connectivity index (χ0v) is 10.8. The molecular formula is C15H15N3O. The van der Waals surface area contributed by atoms with E-state index in [1.807, 2.05) is 37.3 Å². The summed E-state index contributed by atoms with van der Waals surface area (Å²) in [6.07, 6.45) is 0. The second-order valence-electron chi connectivity index (χ2n) is 4.41. The molecule has 0 bridgehead atoms. The first kappa shape index (κ1) is 13.1. The zero-order chi connectivity index (χ0) is 13.8. The fourth-order valence-corrected chi connectivity index (χ4v) is 1.92. The largest absolute Gasteiger partial charge is 0.326 e. The molecule has 1 aromatic carbocycles. The van der Waals surface area contributed by atoms with E-state index in [0.29, 0.717) is 13.1 Å². The number of nitriles is 1. The zero-order valence-electron chi connectivity index (χ0n) is 10.8. The Morgan fingerprint density at radius 1 is 1.16 bits per heavy atom. The first-order valence-electron chi connectivity index (χ1n) is 6.04. The molecule has 19 heavy (non-hydrogen) atoms. The van der Waals surface area contributed by atoms with E-state index in [1.165, 1.54) is 0 Å². The van der Waals surface area contributed by atoms with Gasteiger partial charge < -0.3 is 10.3 Å². The van der Waals surface area contributed by atoms with Gasteiger partial charge in [0.25, 0.3) is 5.56 Å². The highest BCUT2D eigenvalue weighted by molar-refractivity contribution is 5.29. The maximum Gasteiger partial charge on any atom is 0.268 e. The Balaban J connectivity index is 2.38. The number of hydrogen-bond acceptors (Lipinski definition) is 3. The van der Waals surface area contributed by atoms with Crippen LogP contribution in [-0.4, -0.2) is 4.57 Å². The normalized spacial score (nSPS) is 10.2. The van der Waals surface area contributed by atoms with Crippen molar-refractivity contribution in [3.05, 3.63) is 69.1 Å². The summed E-state index contributed by atoms with van der Waals surface area (Å²) in [5, 5.41) is 8.89. The molecule has 0 atom stereocenters. The monoisotopic (exact) mass is 253 g/mol. The van der Waals surface area contributed by atoms with Gasteiger partial charge in [0, 0.05) is 12.2 Å². The van der Waals surface area contributed by atoms with E-state index in [1.54, 1.807) is 16.7 Å². The highest BCUT2D eigenvalue weighted by Crippen LogP contribution is 2.07. The van der Waals surface area contributed by atoms with Crippen molar-refractivity contribution in [3.63, 3.8) is 0 Å². The van der Waals surface area contributed by atoms with Gasteiger partial charge in [0.05, 0.1) is 6.54 Å². The Bertz CT molecular complexity index is 678. The summed E-state index contributed by atoms with van der Waals surface area (Å²) in [4.78, 5) is 12.1. The Morgan fingerprint density at radius 2 is 1.79 bits per heavy atom. The van der Waals surface area contributed by atoms with Crippen LogP contribution in [0.2, 0.25) is 0 Å². The fourth-order valence-electron chi connectivity index (χ4n) is 1.92. The van der Waals surface area contributed by atoms with Crippen LogP contribution in [0.15, 0.2) is 41.2 Å². The van der Waals surface area contributed by atoms with Crippen LogP contribution in [0.5, 0.6) is 0 Å². The first-order valence-corrected chi connectivity index (χ1v) is 6.04. The minimum absolute atomic E-state index is 0.171. The van der Waals surface area contributed by atoms with Crippen LogP contribution in [0.1, 0.15) is 22.4 Å². The molecule has 2 rings (SSSR count). The summed E-state index contributed by atoms with van der Waals surface area (Å²) in [6.45, 7) is 2.82. The predicted molar refractivity (Wildman–Crippen MR) is 73.6 cm³/mol. The molecule has 0 radical (unpaired) electrons. The van der Waals surface area contributed by atoms with Gasteiger partial charge in [-0.15, -0.1) is 0 Å². The quantitative estimate of drug-likeness (QED) is 0.901. The van der Waals surface area contributed by atoms with Gasteiger partial charge in [-0.3, -0.25) is 4.79 Å². The van der Waals surface area contributed by atoms with Crippen LogP contribution in [0.4, 0.5) is 0 Å². The molecule has 0 aliphatic rings. The van der Waals surface area contributed by atoms with Gasteiger partial charge in [-0.1, -0.05) is 24.3 Å². The van der Waals surface area contributed by atoms with Gasteiger partial charge in [-0.05, 0) is 30.2 Å². The number of benzene rings is 1. The van der Waals surface area contributed by atoms with E-state index < -0.39 is 0 Å². The number of nitrogens with two attached hydrogens (primary N) is 1. The number of aryl methyl sites for hydroxylation is 1. The van der Waals surface area contributed by atoms with Crippen LogP contribution in [0.3, 0.4) is 0 Å². The second kappa shape index (κ2) is 5.51. The maximum atomic E-state index is 12.1. The Morgan fingerprint density at radius 3 is 2.37 bits per heavy atom. The molecule has 0 fully saturated rings. The van der Waals surface area contributed by atoms with E-state index >= 15 is 0 Å². The van der Waals surface area contributed by atoms with Crippen molar-refractivity contribution in [1.82, 2.24) is 4.57 Å². The van der Waals surface area contributed by atoms with Crippen molar-refractivity contribution >= 4 is 0 Å². The average Bonchev–Trinajstić information content (AvgIpc) is 2.44. The molecule has 0 spiro atoms. The molecule has 1 heterocycles. The summed E-state index contributed by atoms with van der Waals surface area (Å²) in [7, 11) is 0. The number of rotatable bonds is 3. The summed E-state index contributed by atoms with van der Waals surface area (Å²) in [5.41, 5.74) is 8.38. The van der Waals surface area contributed by atoms with Crippen LogP contribution < -0.4 is 11.3 Å². The number of aromatic nitrogens is 1. The molecule has 4 nitrogen and oxygen atoms in total. The Hall–Kier alpha value is -2.38. The highest BCUT2D eigenvalue weighted by atomic mass is 16.1. The van der Waals surface area contributed by atoms with Gasteiger partial charge in [-0.25, -0.2) is 0 Å². The van der Waals surface area contributed by atoms with Gasteiger partial charge >= 0.3 is 0 Å². The highest BCUT2D eigenvalue weighted by Gasteiger charge is 2.06. The van der Waals surface area contributed by atoms with Crippen molar-refractivity contribution in [3.8, 4) is 6.07 Å². The third-order valence-corrected chi connectivity index (χ3v) is 3.11. The molecule has 0 aliphatic carbocycles. The smallest absolute Gasteiger partial charge is 0.268 e. The topological polar surface area (TPSA) is 71.8 Å². The molecule has 2 N–H and O–H groups in total. The van der Waals surface area contributed by atoms with Crippen molar-refractivity contribution in [2.24, 2.45) is 5.73 Å². The van der Waals surface area contributed by atoms with Crippen LogP contribution in [0, 0.1) is 18.3 Å². The van der Waals surface area contributed by atoms with Crippen molar-refractivity contribution < 1.29 is 0 Å². The van der Waals surface area contributed by atoms with Crippen molar-refractivity contribution in [2.75, 3.05) is 0 Å². The lowest BCUT2D eigenvalue weighted by molar-refractivity contribution is 0.727. The lowest BCUT2D eigenvalue weighted by Crippen LogP contribution is -2.24. The molecule has 0 aliphatic heterocycles. The van der Waals surface area contributed by atoms with E-state index in [9.17, 15) is 4.79 Å². The lowest BCUT2D eigenvalue weighted by atomic mass is 10.1. The molecule has 0 saturated carbocycles. The average molecular weight is 253 g/mol. The number of pyridine rings is 1. The van der Waals surface area contributed by atoms with Crippen LogP contribution in [-0.2, 0) is 13.1 Å². The standard InChI is InChI=1S/C15H15N3O/c1-11-2-7-14(9-17)15(19)18(11)10-13-5-3-12(8-16)4-6-13/h2-7H,8,10,16H2,1H3. The maximum absolute atomic E-state index is 12.1. The molecule has 4 heteroatoms. The molecule has 0 saturated heterocycles. The minimum atomic E-state index is -0.245. The second-order valence-corrected chi connectivity index (χ2v) is 4.41. The van der Waals surface area contributed by atoms with Crippen molar-refractivity contribution in [2.45, 2.75) is 20.0 Å². The molecule has 1 aromatic heterocycles. The third kappa shape index (κ3) is 2.72. The predicted octanol–water partition coefficient (Wildman–Crippen LogP) is 1.54. The molecule has 2 aromatic rings. The number of hydrogen-bond donors (Lipinski definition) is 1. The Labute approximate surface area is 111 Å². The molecule has 0 unspecified atom stereocenters. The summed E-state index contributed by atoms with van der Waals surface area (Å²) in [5.74, 6) is 0. The third-order valence-electron chi connectivity index (χ3n) is 3.11. The van der Waals surface area contributed by atoms with Crippen LogP contribution in [0.25, 0.3) is 0 Å². The van der Waals surface area contributed by atoms with Gasteiger partial charge in [0.2, 0.25) is 0 Å². The summed E-state index contributed by atoms with van der Waals surface area (Å²) >= 11 is 0. The SMILES string of the molecule is Cc1ccc(C#N)c(=O)n1Cc1ccc(CN)cc1. The van der Waals surface area contributed by atoms with Crippen molar-refractivity contribution in [1.29, 1.82) is 5.26 Å². The molecular weight excluding hydrogens is 238 g/mol. The summed E-state index contributed by atoms with van der Waals surface area (Å²) in [6, 6.07) is 13.1. The van der Waals surface area contributed by atoms with Gasteiger partial charge in [0.1, 0.15) is 11.6 Å². The van der Waals surface area contributed by atoms with Gasteiger partial charge in [-0.2, -0.15) is 5.26 Å². The molecule has 0 amide bonds.